The lowest BCUT2D eigenvalue weighted by Gasteiger charge is -2.19. The van der Waals surface area contributed by atoms with Crippen molar-refractivity contribution in [1.29, 1.82) is 0 Å². The molecule has 0 aromatic carbocycles. The number of aliphatic carboxylic acids is 1. The van der Waals surface area contributed by atoms with E-state index in [1.165, 1.54) is 37.8 Å². The van der Waals surface area contributed by atoms with Crippen molar-refractivity contribution in [3.8, 4) is 0 Å². The molecule has 0 spiro atoms. The molecule has 1 aliphatic carbocycles. The highest BCUT2D eigenvalue weighted by Crippen LogP contribution is 2.33. The highest BCUT2D eigenvalue weighted by molar-refractivity contribution is 7.09. The van der Waals surface area contributed by atoms with E-state index in [0.29, 0.717) is 31.7 Å². The molecule has 1 aliphatic heterocycles. The van der Waals surface area contributed by atoms with E-state index in [9.17, 15) is 9.59 Å². The minimum Gasteiger partial charge on any atom is -0.479 e. The lowest BCUT2D eigenvalue weighted by Crippen LogP contribution is -2.36. The molecule has 7 heteroatoms. The number of nitrogens with one attached hydrogen (secondary N) is 1. The summed E-state index contributed by atoms with van der Waals surface area (Å²) < 4.78 is 5.25. The summed E-state index contributed by atoms with van der Waals surface area (Å²) in [6.45, 7) is 0.508. The molecule has 3 rings (SSSR count). The number of ether oxygens (including phenoxy) is 1. The van der Waals surface area contributed by atoms with E-state index >= 15 is 0 Å². The van der Waals surface area contributed by atoms with Crippen LogP contribution in [0.25, 0.3) is 0 Å². The second-order valence-corrected chi connectivity index (χ2v) is 7.51. The van der Waals surface area contributed by atoms with Crippen molar-refractivity contribution in [2.75, 3.05) is 6.54 Å². The molecule has 2 aliphatic rings. The van der Waals surface area contributed by atoms with Crippen LogP contribution in [-0.4, -0.2) is 40.7 Å². The highest BCUT2D eigenvalue weighted by Gasteiger charge is 2.34. The Hall–Kier alpha value is -1.47. The van der Waals surface area contributed by atoms with Gasteiger partial charge in [-0.2, -0.15) is 0 Å². The predicted octanol–water partition coefficient (Wildman–Crippen LogP) is 2.48. The van der Waals surface area contributed by atoms with Gasteiger partial charge in [-0.25, -0.2) is 9.78 Å². The molecule has 0 radical (unpaired) electrons. The van der Waals surface area contributed by atoms with Crippen LogP contribution >= 0.6 is 11.3 Å². The molecule has 2 atom stereocenters. The van der Waals surface area contributed by atoms with Crippen LogP contribution in [0.4, 0.5) is 0 Å². The molecule has 132 valence electrons. The van der Waals surface area contributed by atoms with Gasteiger partial charge in [0, 0.05) is 24.3 Å². The zero-order valence-corrected chi connectivity index (χ0v) is 14.5. The first-order chi connectivity index (χ1) is 11.6. The standard InChI is InChI=1S/C17H24N2O4S/c20-16(13-6-7-14(23-13)17(21)22)18-9-8-15-19-12(10-24-15)11-4-2-1-3-5-11/h10-11,13-14H,1-9H2,(H,18,20)(H,21,22)/t13-,14+/m0/s1. The van der Waals surface area contributed by atoms with Gasteiger partial charge in [-0.1, -0.05) is 19.3 Å². The van der Waals surface area contributed by atoms with E-state index in [1.54, 1.807) is 11.3 Å². The summed E-state index contributed by atoms with van der Waals surface area (Å²) in [4.78, 5) is 27.6. The third-order valence-electron chi connectivity index (χ3n) is 4.82. The Morgan fingerprint density at radius 3 is 2.67 bits per heavy atom. The summed E-state index contributed by atoms with van der Waals surface area (Å²) in [5.41, 5.74) is 1.21. The number of carboxylic acids is 1. The van der Waals surface area contributed by atoms with Gasteiger partial charge in [0.05, 0.1) is 10.7 Å². The van der Waals surface area contributed by atoms with Crippen LogP contribution in [-0.2, 0) is 20.7 Å². The number of hydrogen-bond acceptors (Lipinski definition) is 5. The van der Waals surface area contributed by atoms with Gasteiger partial charge in [-0.05, 0) is 25.7 Å². The summed E-state index contributed by atoms with van der Waals surface area (Å²) in [7, 11) is 0. The summed E-state index contributed by atoms with van der Waals surface area (Å²) in [5, 5.41) is 14.9. The van der Waals surface area contributed by atoms with Gasteiger partial charge in [0.1, 0.15) is 6.10 Å². The highest BCUT2D eigenvalue weighted by atomic mass is 32.1. The Morgan fingerprint density at radius 2 is 1.96 bits per heavy atom. The second-order valence-electron chi connectivity index (χ2n) is 6.57. The monoisotopic (exact) mass is 352 g/mol. The first kappa shape index (κ1) is 17.4. The molecule has 2 N–H and O–H groups in total. The van der Waals surface area contributed by atoms with Gasteiger partial charge >= 0.3 is 5.97 Å². The smallest absolute Gasteiger partial charge is 0.332 e. The van der Waals surface area contributed by atoms with Crippen molar-refractivity contribution in [3.05, 3.63) is 16.1 Å². The molecular formula is C17H24N2O4S. The Balaban J connectivity index is 1.41. The van der Waals surface area contributed by atoms with E-state index in [4.69, 9.17) is 14.8 Å². The lowest BCUT2D eigenvalue weighted by molar-refractivity contribution is -0.151. The average Bonchev–Trinajstić information content (AvgIpc) is 3.25. The number of thiazole rings is 1. The average molecular weight is 352 g/mol. The van der Waals surface area contributed by atoms with Gasteiger partial charge in [-0.3, -0.25) is 4.79 Å². The van der Waals surface area contributed by atoms with Crippen molar-refractivity contribution in [2.45, 2.75) is 69.5 Å². The topological polar surface area (TPSA) is 88.5 Å². The third kappa shape index (κ3) is 4.33. The maximum Gasteiger partial charge on any atom is 0.332 e. The molecule has 0 bridgehead atoms. The quantitative estimate of drug-likeness (QED) is 0.821. The van der Waals surface area contributed by atoms with Crippen molar-refractivity contribution >= 4 is 23.2 Å². The van der Waals surface area contributed by atoms with E-state index in [-0.39, 0.29) is 5.91 Å². The number of rotatable bonds is 6. The van der Waals surface area contributed by atoms with Crippen molar-refractivity contribution in [3.63, 3.8) is 0 Å². The van der Waals surface area contributed by atoms with Crippen molar-refractivity contribution < 1.29 is 19.4 Å². The first-order valence-electron chi connectivity index (χ1n) is 8.74. The minimum absolute atomic E-state index is 0.220. The summed E-state index contributed by atoms with van der Waals surface area (Å²) in [6, 6.07) is 0. The van der Waals surface area contributed by atoms with Crippen LogP contribution in [0.15, 0.2) is 5.38 Å². The summed E-state index contributed by atoms with van der Waals surface area (Å²) >= 11 is 1.66. The molecule has 6 nitrogen and oxygen atoms in total. The number of carboxylic acid groups (broad SMARTS) is 1. The van der Waals surface area contributed by atoms with Gasteiger partial charge in [0.2, 0.25) is 5.91 Å². The SMILES string of the molecule is O=C(NCCc1nc(C2CCCCC2)cs1)[C@@H]1CC[C@H](C(=O)O)O1. The fourth-order valence-electron chi connectivity index (χ4n) is 3.44. The lowest BCUT2D eigenvalue weighted by atomic mass is 9.87. The Labute approximate surface area is 145 Å². The summed E-state index contributed by atoms with van der Waals surface area (Å²) in [6.07, 6.45) is 6.49. The van der Waals surface area contributed by atoms with E-state index in [1.807, 2.05) is 0 Å². The fourth-order valence-corrected chi connectivity index (χ4v) is 4.32. The molecule has 2 fully saturated rings. The number of aromatic nitrogens is 1. The van der Waals surface area contributed by atoms with Crippen molar-refractivity contribution in [1.82, 2.24) is 10.3 Å². The summed E-state index contributed by atoms with van der Waals surface area (Å²) in [5.74, 6) is -0.607. The first-order valence-corrected chi connectivity index (χ1v) is 9.61. The second kappa shape index (κ2) is 8.07. The van der Waals surface area contributed by atoms with E-state index in [2.05, 4.69) is 10.7 Å². The number of hydrogen-bond donors (Lipinski definition) is 2. The zero-order chi connectivity index (χ0) is 16.9. The maximum absolute atomic E-state index is 12.0. The maximum atomic E-state index is 12.0. The molecule has 1 saturated heterocycles. The molecule has 1 amide bonds. The van der Waals surface area contributed by atoms with Gasteiger partial charge in [0.15, 0.2) is 6.10 Å². The number of nitrogens with zero attached hydrogens (tertiary/aromatic N) is 1. The van der Waals surface area contributed by atoms with E-state index < -0.39 is 18.2 Å². The largest absolute Gasteiger partial charge is 0.479 e. The molecular weight excluding hydrogens is 328 g/mol. The minimum atomic E-state index is -0.997. The normalized spacial score (nSPS) is 24.8. The van der Waals surface area contributed by atoms with Crippen LogP contribution in [0.1, 0.15) is 61.6 Å². The van der Waals surface area contributed by atoms with Gasteiger partial charge < -0.3 is 15.2 Å². The number of carbonyl (C=O) groups excluding carboxylic acids is 1. The zero-order valence-electron chi connectivity index (χ0n) is 13.7. The predicted molar refractivity (Wildman–Crippen MR) is 90.2 cm³/mol. The van der Waals surface area contributed by atoms with Crippen LogP contribution < -0.4 is 5.32 Å². The molecule has 1 saturated carbocycles. The Kier molecular flexibility index (Phi) is 5.84. The van der Waals surface area contributed by atoms with Gasteiger partial charge in [0.25, 0.3) is 0 Å². The van der Waals surface area contributed by atoms with Crippen LogP contribution in [0, 0.1) is 0 Å². The molecule has 0 unspecified atom stereocenters. The van der Waals surface area contributed by atoms with Gasteiger partial charge in [-0.15, -0.1) is 11.3 Å². The molecule has 1 aromatic heterocycles. The third-order valence-corrected chi connectivity index (χ3v) is 5.75. The molecule has 24 heavy (non-hydrogen) atoms. The Bertz CT molecular complexity index is 583. The van der Waals surface area contributed by atoms with Crippen LogP contribution in [0.2, 0.25) is 0 Å². The van der Waals surface area contributed by atoms with Crippen LogP contribution in [0.5, 0.6) is 0 Å². The van der Waals surface area contributed by atoms with E-state index in [0.717, 1.165) is 5.01 Å². The van der Waals surface area contributed by atoms with Crippen molar-refractivity contribution in [2.24, 2.45) is 0 Å². The van der Waals surface area contributed by atoms with Crippen LogP contribution in [0.3, 0.4) is 0 Å². The number of amides is 1. The number of carbonyl (C=O) groups is 2. The fraction of sp³-hybridized carbons (Fsp3) is 0.706. The molecule has 1 aromatic rings. The Morgan fingerprint density at radius 1 is 1.21 bits per heavy atom. The molecule has 2 heterocycles.